The van der Waals surface area contributed by atoms with Gasteiger partial charge >= 0.3 is 0 Å². The molecular weight excluding hydrogens is 300 g/mol. The normalized spacial score (nSPS) is 19.2. The van der Waals surface area contributed by atoms with E-state index in [-0.39, 0.29) is 22.9 Å². The maximum Gasteiger partial charge on any atom is 0.257 e. The summed E-state index contributed by atoms with van der Waals surface area (Å²) in [5, 5.41) is 3.58. The van der Waals surface area contributed by atoms with Crippen molar-refractivity contribution in [2.45, 2.75) is 19.4 Å². The van der Waals surface area contributed by atoms with Crippen molar-refractivity contribution < 1.29 is 4.79 Å². The number of nitrogens with one attached hydrogen (secondary N) is 2. The van der Waals surface area contributed by atoms with E-state index in [4.69, 9.17) is 0 Å². The average Bonchev–Trinajstić information content (AvgIpc) is 2.91. The van der Waals surface area contributed by atoms with Crippen molar-refractivity contribution in [2.24, 2.45) is 5.92 Å². The van der Waals surface area contributed by atoms with Gasteiger partial charge in [-0.05, 0) is 35.6 Å². The molecule has 0 radical (unpaired) electrons. The van der Waals surface area contributed by atoms with E-state index < -0.39 is 0 Å². The molecule has 0 saturated heterocycles. The number of hydrogen-bond donors (Lipinski definition) is 2. The van der Waals surface area contributed by atoms with Gasteiger partial charge in [-0.3, -0.25) is 9.59 Å². The molecular formula is C20H18N2O2. The Bertz CT molecular complexity index is 990. The Morgan fingerprint density at radius 1 is 1.12 bits per heavy atom. The molecule has 2 atom stereocenters. The Morgan fingerprint density at radius 3 is 2.75 bits per heavy atom. The van der Waals surface area contributed by atoms with Gasteiger partial charge in [0.2, 0.25) is 5.43 Å². The third kappa shape index (κ3) is 2.31. The van der Waals surface area contributed by atoms with Crippen LogP contribution in [0, 0.1) is 5.92 Å². The van der Waals surface area contributed by atoms with Crippen LogP contribution >= 0.6 is 0 Å². The van der Waals surface area contributed by atoms with Gasteiger partial charge in [-0.1, -0.05) is 43.3 Å². The fraction of sp³-hybridized carbons (Fsp3) is 0.200. The molecule has 0 unspecified atom stereocenters. The predicted octanol–water partition coefficient (Wildman–Crippen LogP) is 3.19. The zero-order valence-corrected chi connectivity index (χ0v) is 13.4. The molecule has 24 heavy (non-hydrogen) atoms. The highest BCUT2D eigenvalue weighted by Crippen LogP contribution is 2.35. The first kappa shape index (κ1) is 14.7. The zero-order chi connectivity index (χ0) is 16.7. The fourth-order valence-electron chi connectivity index (χ4n) is 3.57. The second kappa shape index (κ2) is 5.64. The Kier molecular flexibility index (Phi) is 3.45. The first-order chi connectivity index (χ1) is 11.6. The molecule has 0 bridgehead atoms. The van der Waals surface area contributed by atoms with Gasteiger partial charge in [-0.25, -0.2) is 0 Å². The monoisotopic (exact) mass is 318 g/mol. The molecule has 2 N–H and O–H groups in total. The minimum Gasteiger partial charge on any atom is -0.360 e. The number of hydrogen-bond acceptors (Lipinski definition) is 2. The van der Waals surface area contributed by atoms with Gasteiger partial charge in [0.05, 0.1) is 6.04 Å². The number of carbonyl (C=O) groups is 1. The largest absolute Gasteiger partial charge is 0.360 e. The van der Waals surface area contributed by atoms with E-state index in [0.717, 1.165) is 17.5 Å². The smallest absolute Gasteiger partial charge is 0.257 e. The number of rotatable bonds is 2. The molecule has 4 heteroatoms. The van der Waals surface area contributed by atoms with Crippen molar-refractivity contribution in [3.05, 3.63) is 81.6 Å². The molecule has 1 heterocycles. The van der Waals surface area contributed by atoms with Gasteiger partial charge in [0, 0.05) is 17.1 Å². The first-order valence-corrected chi connectivity index (χ1v) is 8.14. The minimum absolute atomic E-state index is 0.0560. The number of amides is 1. The topological polar surface area (TPSA) is 62.0 Å². The zero-order valence-electron chi connectivity index (χ0n) is 13.4. The van der Waals surface area contributed by atoms with E-state index in [1.54, 1.807) is 12.1 Å². The number of pyridine rings is 1. The van der Waals surface area contributed by atoms with Gasteiger partial charge in [0.25, 0.3) is 5.91 Å². The number of aromatic amines is 1. The third-order valence-corrected chi connectivity index (χ3v) is 4.82. The summed E-state index contributed by atoms with van der Waals surface area (Å²) in [6, 6.07) is 15.3. The van der Waals surface area contributed by atoms with Gasteiger partial charge < -0.3 is 10.3 Å². The van der Waals surface area contributed by atoms with Gasteiger partial charge in [-0.2, -0.15) is 0 Å². The van der Waals surface area contributed by atoms with E-state index in [2.05, 4.69) is 29.4 Å². The van der Waals surface area contributed by atoms with Gasteiger partial charge in [0.15, 0.2) is 0 Å². The van der Waals surface area contributed by atoms with Crippen LogP contribution in [-0.2, 0) is 6.42 Å². The highest BCUT2D eigenvalue weighted by Gasteiger charge is 2.30. The molecule has 0 spiro atoms. The quantitative estimate of drug-likeness (QED) is 0.762. The summed E-state index contributed by atoms with van der Waals surface area (Å²) >= 11 is 0. The Hall–Kier alpha value is -2.88. The average molecular weight is 318 g/mol. The summed E-state index contributed by atoms with van der Waals surface area (Å²) < 4.78 is 0. The molecule has 1 amide bonds. The second-order valence-corrected chi connectivity index (χ2v) is 6.41. The van der Waals surface area contributed by atoms with Crippen molar-refractivity contribution in [2.75, 3.05) is 0 Å². The molecule has 4 nitrogen and oxygen atoms in total. The van der Waals surface area contributed by atoms with E-state index in [9.17, 15) is 9.59 Å². The SMILES string of the molecule is C[C@@H]1Cc2ccccc2[C@H]1NC(=O)c1c[nH]c2ccccc2c1=O. The molecule has 1 aliphatic rings. The molecule has 0 aliphatic heterocycles. The number of para-hydroxylation sites is 1. The van der Waals surface area contributed by atoms with Crippen LogP contribution in [0.5, 0.6) is 0 Å². The minimum atomic E-state index is -0.324. The maximum atomic E-state index is 12.7. The van der Waals surface area contributed by atoms with Crippen molar-refractivity contribution in [3.63, 3.8) is 0 Å². The molecule has 1 aliphatic carbocycles. The Morgan fingerprint density at radius 2 is 1.88 bits per heavy atom. The molecule has 1 aromatic heterocycles. The van der Waals surface area contributed by atoms with Crippen molar-refractivity contribution in [3.8, 4) is 0 Å². The van der Waals surface area contributed by atoms with E-state index in [0.29, 0.717) is 11.3 Å². The molecule has 2 aromatic carbocycles. The summed E-state index contributed by atoms with van der Waals surface area (Å²) in [5.74, 6) is -0.0126. The lowest BCUT2D eigenvalue weighted by Crippen LogP contribution is -2.33. The van der Waals surface area contributed by atoms with Crippen LogP contribution in [0.4, 0.5) is 0 Å². The molecule has 120 valence electrons. The number of fused-ring (bicyclic) bond motifs is 2. The summed E-state index contributed by atoms with van der Waals surface area (Å²) in [4.78, 5) is 28.3. The lowest BCUT2D eigenvalue weighted by Gasteiger charge is -2.18. The summed E-state index contributed by atoms with van der Waals surface area (Å²) in [7, 11) is 0. The number of aromatic nitrogens is 1. The maximum absolute atomic E-state index is 12.7. The van der Waals surface area contributed by atoms with Gasteiger partial charge in [-0.15, -0.1) is 0 Å². The van der Waals surface area contributed by atoms with Crippen LogP contribution < -0.4 is 10.7 Å². The Balaban J connectivity index is 1.68. The highest BCUT2D eigenvalue weighted by atomic mass is 16.2. The third-order valence-electron chi connectivity index (χ3n) is 4.82. The van der Waals surface area contributed by atoms with E-state index >= 15 is 0 Å². The molecule has 0 fully saturated rings. The number of benzene rings is 2. The molecule has 4 rings (SSSR count). The summed E-state index contributed by atoms with van der Waals surface area (Å²) in [5.41, 5.74) is 3.07. The lowest BCUT2D eigenvalue weighted by atomic mass is 10.0. The summed E-state index contributed by atoms with van der Waals surface area (Å²) in [6.07, 6.45) is 2.45. The molecule has 0 saturated carbocycles. The second-order valence-electron chi connectivity index (χ2n) is 6.41. The summed E-state index contributed by atoms with van der Waals surface area (Å²) in [6.45, 7) is 2.12. The van der Waals surface area contributed by atoms with Crippen molar-refractivity contribution in [1.82, 2.24) is 10.3 Å². The molecule has 3 aromatic rings. The van der Waals surface area contributed by atoms with Crippen LogP contribution in [0.3, 0.4) is 0 Å². The van der Waals surface area contributed by atoms with Crippen LogP contribution in [0.1, 0.15) is 34.5 Å². The number of carbonyl (C=O) groups excluding carboxylic acids is 1. The van der Waals surface area contributed by atoms with Crippen molar-refractivity contribution >= 4 is 16.8 Å². The predicted molar refractivity (Wildman–Crippen MR) is 94.1 cm³/mol. The Labute approximate surface area is 139 Å². The van der Waals surface area contributed by atoms with Crippen molar-refractivity contribution in [1.29, 1.82) is 0 Å². The van der Waals surface area contributed by atoms with Crippen LogP contribution in [0.15, 0.2) is 59.5 Å². The van der Waals surface area contributed by atoms with E-state index in [1.807, 2.05) is 24.3 Å². The lowest BCUT2D eigenvalue weighted by molar-refractivity contribution is 0.0926. The fourth-order valence-corrected chi connectivity index (χ4v) is 3.57. The van der Waals surface area contributed by atoms with Crippen LogP contribution in [0.2, 0.25) is 0 Å². The van der Waals surface area contributed by atoms with Crippen LogP contribution in [0.25, 0.3) is 10.9 Å². The number of H-pyrrole nitrogens is 1. The van der Waals surface area contributed by atoms with Crippen LogP contribution in [-0.4, -0.2) is 10.9 Å². The highest BCUT2D eigenvalue weighted by molar-refractivity contribution is 5.97. The van der Waals surface area contributed by atoms with Gasteiger partial charge in [0.1, 0.15) is 5.56 Å². The standard InChI is InChI=1S/C20H18N2O2/c1-12-10-13-6-2-3-7-14(13)18(12)22-20(24)16-11-21-17-9-5-4-8-15(17)19(16)23/h2-9,11-12,18H,10H2,1H3,(H,21,23)(H,22,24)/t12-,18+/m1/s1. The first-order valence-electron chi connectivity index (χ1n) is 8.14. The van der Waals surface area contributed by atoms with E-state index in [1.165, 1.54) is 11.8 Å².